The van der Waals surface area contributed by atoms with E-state index in [1.54, 1.807) is 0 Å². The van der Waals surface area contributed by atoms with Gasteiger partial charge in [-0.1, -0.05) is 44.0 Å². The predicted molar refractivity (Wildman–Crippen MR) is 94.0 cm³/mol. The maximum absolute atomic E-state index is 6.18. The van der Waals surface area contributed by atoms with Crippen molar-refractivity contribution in [3.63, 3.8) is 0 Å². The van der Waals surface area contributed by atoms with Crippen LogP contribution in [0.25, 0.3) is 0 Å². The lowest BCUT2D eigenvalue weighted by Crippen LogP contribution is -2.56. The molecule has 0 spiro atoms. The van der Waals surface area contributed by atoms with E-state index in [0.29, 0.717) is 12.6 Å². The Morgan fingerprint density at radius 2 is 1.86 bits per heavy atom. The van der Waals surface area contributed by atoms with Gasteiger partial charge in [-0.15, -0.1) is 0 Å². The van der Waals surface area contributed by atoms with Crippen molar-refractivity contribution in [3.8, 4) is 0 Å². The summed E-state index contributed by atoms with van der Waals surface area (Å²) in [5, 5.41) is 0.790. The molecule has 0 radical (unpaired) electrons. The van der Waals surface area contributed by atoms with Crippen LogP contribution in [0.2, 0.25) is 5.02 Å². The molecule has 2 N–H and O–H groups in total. The molecule has 0 aliphatic rings. The second-order valence-electron chi connectivity index (χ2n) is 6.31. The Hall–Kier alpha value is -0.570. The molecule has 3 heteroatoms. The van der Waals surface area contributed by atoms with Gasteiger partial charge >= 0.3 is 0 Å². The molecule has 0 saturated carbocycles. The summed E-state index contributed by atoms with van der Waals surface area (Å²) in [6.45, 7) is 10.9. The van der Waals surface area contributed by atoms with Crippen molar-refractivity contribution >= 4 is 11.6 Å². The molecule has 0 aliphatic carbocycles. The molecule has 0 heterocycles. The first-order valence-corrected chi connectivity index (χ1v) is 8.56. The number of halogens is 1. The van der Waals surface area contributed by atoms with Crippen LogP contribution in [0.5, 0.6) is 0 Å². The molecule has 2 unspecified atom stereocenters. The van der Waals surface area contributed by atoms with E-state index in [2.05, 4.69) is 44.7 Å². The van der Waals surface area contributed by atoms with Crippen LogP contribution >= 0.6 is 11.6 Å². The van der Waals surface area contributed by atoms with Gasteiger partial charge in [-0.05, 0) is 57.4 Å². The summed E-state index contributed by atoms with van der Waals surface area (Å²) in [6, 6.07) is 8.72. The van der Waals surface area contributed by atoms with Crippen LogP contribution in [-0.2, 0) is 6.42 Å². The summed E-state index contributed by atoms with van der Waals surface area (Å²) < 4.78 is 0. The van der Waals surface area contributed by atoms with Crippen molar-refractivity contribution < 1.29 is 0 Å². The summed E-state index contributed by atoms with van der Waals surface area (Å²) in [5.41, 5.74) is 7.48. The molecule has 0 aliphatic heterocycles. The molecule has 0 aromatic heterocycles. The minimum absolute atomic E-state index is 0.00156. The third kappa shape index (κ3) is 5.28. The van der Waals surface area contributed by atoms with Gasteiger partial charge in [0.1, 0.15) is 0 Å². The number of nitrogens with two attached hydrogens (primary N) is 1. The SMILES string of the molecule is CCCCN(C(C)CC)C(C)(CN)Cc1ccc(Cl)cc1. The van der Waals surface area contributed by atoms with Crippen LogP contribution in [0.1, 0.15) is 52.5 Å². The number of unbranched alkanes of at least 4 members (excludes halogenated alkanes) is 1. The lowest BCUT2D eigenvalue weighted by atomic mass is 9.89. The quantitative estimate of drug-likeness (QED) is 0.727. The van der Waals surface area contributed by atoms with E-state index in [4.69, 9.17) is 17.3 Å². The van der Waals surface area contributed by atoms with Crippen LogP contribution in [-0.4, -0.2) is 29.6 Å². The second-order valence-corrected chi connectivity index (χ2v) is 6.74. The molecule has 21 heavy (non-hydrogen) atoms. The third-order valence-corrected chi connectivity index (χ3v) is 4.76. The number of nitrogens with zero attached hydrogens (tertiary/aromatic N) is 1. The average Bonchev–Trinajstić information content (AvgIpc) is 2.49. The monoisotopic (exact) mass is 310 g/mol. The Bertz CT molecular complexity index is 404. The van der Waals surface area contributed by atoms with E-state index in [0.717, 1.165) is 24.4 Å². The average molecular weight is 311 g/mol. The highest BCUT2D eigenvalue weighted by molar-refractivity contribution is 6.30. The van der Waals surface area contributed by atoms with Gasteiger partial charge in [0.25, 0.3) is 0 Å². The molecule has 2 nitrogen and oxygen atoms in total. The number of benzene rings is 1. The first-order chi connectivity index (χ1) is 9.96. The Kier molecular flexibility index (Phi) is 7.72. The zero-order valence-electron chi connectivity index (χ0n) is 14.0. The fraction of sp³-hybridized carbons (Fsp3) is 0.667. The minimum atomic E-state index is -0.00156. The first kappa shape index (κ1) is 18.5. The molecule has 2 atom stereocenters. The highest BCUT2D eigenvalue weighted by atomic mass is 35.5. The fourth-order valence-corrected chi connectivity index (χ4v) is 3.03. The fourth-order valence-electron chi connectivity index (χ4n) is 2.90. The zero-order valence-corrected chi connectivity index (χ0v) is 14.8. The van der Waals surface area contributed by atoms with Gasteiger partial charge in [0, 0.05) is 23.1 Å². The van der Waals surface area contributed by atoms with Crippen LogP contribution in [0, 0.1) is 0 Å². The predicted octanol–water partition coefficient (Wildman–Crippen LogP) is 4.50. The van der Waals surface area contributed by atoms with Crippen molar-refractivity contribution in [2.45, 2.75) is 65.0 Å². The van der Waals surface area contributed by atoms with E-state index in [1.165, 1.54) is 18.4 Å². The van der Waals surface area contributed by atoms with Crippen LogP contribution in [0.4, 0.5) is 0 Å². The highest BCUT2D eigenvalue weighted by Gasteiger charge is 2.32. The van der Waals surface area contributed by atoms with Gasteiger partial charge in [0.15, 0.2) is 0 Å². The molecular formula is C18H31ClN2. The number of hydrogen-bond acceptors (Lipinski definition) is 2. The van der Waals surface area contributed by atoms with Crippen molar-refractivity contribution in [1.82, 2.24) is 4.90 Å². The van der Waals surface area contributed by atoms with Gasteiger partial charge in [-0.25, -0.2) is 0 Å². The zero-order chi connectivity index (χ0) is 15.9. The lowest BCUT2D eigenvalue weighted by molar-refractivity contribution is 0.0644. The molecule has 1 rings (SSSR count). The minimum Gasteiger partial charge on any atom is -0.329 e. The smallest absolute Gasteiger partial charge is 0.0406 e. The maximum atomic E-state index is 6.18. The highest BCUT2D eigenvalue weighted by Crippen LogP contribution is 2.25. The summed E-state index contributed by atoms with van der Waals surface area (Å²) in [6.07, 6.45) is 4.56. The molecule has 0 bridgehead atoms. The molecule has 0 saturated heterocycles. The second kappa shape index (κ2) is 8.77. The Morgan fingerprint density at radius 1 is 1.24 bits per heavy atom. The first-order valence-electron chi connectivity index (χ1n) is 8.18. The van der Waals surface area contributed by atoms with Gasteiger partial charge in [-0.3, -0.25) is 4.90 Å². The molecule has 1 aromatic rings. The summed E-state index contributed by atoms with van der Waals surface area (Å²) in [5.74, 6) is 0. The largest absolute Gasteiger partial charge is 0.329 e. The molecule has 0 fully saturated rings. The van der Waals surface area contributed by atoms with E-state index in [9.17, 15) is 0 Å². The van der Waals surface area contributed by atoms with E-state index in [-0.39, 0.29) is 5.54 Å². The maximum Gasteiger partial charge on any atom is 0.0406 e. The van der Waals surface area contributed by atoms with Crippen molar-refractivity contribution in [1.29, 1.82) is 0 Å². The third-order valence-electron chi connectivity index (χ3n) is 4.51. The van der Waals surface area contributed by atoms with Crippen molar-refractivity contribution in [2.24, 2.45) is 5.73 Å². The molecule has 1 aromatic carbocycles. The Balaban J connectivity index is 2.93. The summed E-state index contributed by atoms with van der Waals surface area (Å²) in [4.78, 5) is 2.60. The summed E-state index contributed by atoms with van der Waals surface area (Å²) >= 11 is 5.99. The van der Waals surface area contributed by atoms with Crippen molar-refractivity contribution in [3.05, 3.63) is 34.9 Å². The van der Waals surface area contributed by atoms with E-state index >= 15 is 0 Å². The van der Waals surface area contributed by atoms with Gasteiger partial charge in [0.2, 0.25) is 0 Å². The van der Waals surface area contributed by atoms with Gasteiger partial charge in [-0.2, -0.15) is 0 Å². The Labute approximate surface area is 135 Å². The molecular weight excluding hydrogens is 280 g/mol. The molecule has 0 amide bonds. The standard InChI is InChI=1S/C18H31ClN2/c1-5-7-12-21(15(3)6-2)18(4,14-20)13-16-8-10-17(19)11-9-16/h8-11,15H,5-7,12-14,20H2,1-4H3. The summed E-state index contributed by atoms with van der Waals surface area (Å²) in [7, 11) is 0. The Morgan fingerprint density at radius 3 is 2.33 bits per heavy atom. The van der Waals surface area contributed by atoms with E-state index in [1.807, 2.05) is 12.1 Å². The normalized spacial score (nSPS) is 16.0. The number of rotatable bonds is 9. The topological polar surface area (TPSA) is 29.3 Å². The van der Waals surface area contributed by atoms with Gasteiger partial charge in [0.05, 0.1) is 0 Å². The lowest BCUT2D eigenvalue weighted by Gasteiger charge is -2.44. The molecule has 120 valence electrons. The van der Waals surface area contributed by atoms with Gasteiger partial charge < -0.3 is 5.73 Å². The van der Waals surface area contributed by atoms with E-state index < -0.39 is 0 Å². The van der Waals surface area contributed by atoms with Crippen LogP contribution in [0.15, 0.2) is 24.3 Å². The number of hydrogen-bond donors (Lipinski definition) is 1. The van der Waals surface area contributed by atoms with Crippen LogP contribution in [0.3, 0.4) is 0 Å². The van der Waals surface area contributed by atoms with Crippen LogP contribution < -0.4 is 5.73 Å². The van der Waals surface area contributed by atoms with Crippen molar-refractivity contribution in [2.75, 3.05) is 13.1 Å².